The lowest BCUT2D eigenvalue weighted by molar-refractivity contribution is 0.281. The molecule has 0 aliphatic heterocycles. The standard InChI is InChI=1S/C14H15BrN2O3S/c1-9-4-3-5-14(16-9)17-21(19,20)13-7-11(8-18)6-12(15)10(13)2/h3-7,18H,8H2,1-2H3,(H,16,17). The molecule has 21 heavy (non-hydrogen) atoms. The van der Waals surface area contributed by atoms with E-state index in [4.69, 9.17) is 0 Å². The Balaban J connectivity index is 2.47. The summed E-state index contributed by atoms with van der Waals surface area (Å²) in [6.07, 6.45) is 0. The summed E-state index contributed by atoms with van der Waals surface area (Å²) in [6, 6.07) is 8.25. The molecule has 2 aromatic rings. The van der Waals surface area contributed by atoms with E-state index in [0.29, 0.717) is 15.6 Å². The van der Waals surface area contributed by atoms with Gasteiger partial charge in [0, 0.05) is 10.2 Å². The maximum absolute atomic E-state index is 12.5. The second kappa shape index (κ2) is 6.13. The van der Waals surface area contributed by atoms with Gasteiger partial charge in [0.15, 0.2) is 0 Å². The number of nitrogens with zero attached hydrogens (tertiary/aromatic N) is 1. The van der Waals surface area contributed by atoms with Crippen molar-refractivity contribution in [1.29, 1.82) is 0 Å². The third-order valence-corrected chi connectivity index (χ3v) is 5.26. The molecular formula is C14H15BrN2O3S. The van der Waals surface area contributed by atoms with Gasteiger partial charge in [-0.25, -0.2) is 13.4 Å². The Morgan fingerprint density at radius 2 is 2.00 bits per heavy atom. The molecule has 0 amide bonds. The number of anilines is 1. The van der Waals surface area contributed by atoms with Crippen molar-refractivity contribution in [3.05, 3.63) is 51.6 Å². The van der Waals surface area contributed by atoms with Gasteiger partial charge in [0.05, 0.1) is 11.5 Å². The minimum Gasteiger partial charge on any atom is -0.392 e. The Morgan fingerprint density at radius 3 is 2.62 bits per heavy atom. The monoisotopic (exact) mass is 370 g/mol. The number of aryl methyl sites for hydroxylation is 1. The normalized spacial score (nSPS) is 11.4. The maximum atomic E-state index is 12.5. The maximum Gasteiger partial charge on any atom is 0.263 e. The van der Waals surface area contributed by atoms with Gasteiger partial charge in [0.1, 0.15) is 5.82 Å². The van der Waals surface area contributed by atoms with Crippen molar-refractivity contribution >= 4 is 31.8 Å². The number of hydrogen-bond acceptors (Lipinski definition) is 4. The predicted molar refractivity (Wildman–Crippen MR) is 84.6 cm³/mol. The fourth-order valence-electron chi connectivity index (χ4n) is 1.87. The van der Waals surface area contributed by atoms with E-state index in [0.717, 1.165) is 5.69 Å². The van der Waals surface area contributed by atoms with Crippen LogP contribution in [0, 0.1) is 13.8 Å². The highest BCUT2D eigenvalue weighted by Crippen LogP contribution is 2.27. The summed E-state index contributed by atoms with van der Waals surface area (Å²) in [5.41, 5.74) is 1.81. The fourth-order valence-corrected chi connectivity index (χ4v) is 3.83. The highest BCUT2D eigenvalue weighted by molar-refractivity contribution is 9.10. The number of rotatable bonds is 4. The summed E-state index contributed by atoms with van der Waals surface area (Å²) in [7, 11) is -3.77. The molecule has 7 heteroatoms. The third kappa shape index (κ3) is 3.61. The van der Waals surface area contributed by atoms with Gasteiger partial charge in [-0.15, -0.1) is 0 Å². The van der Waals surface area contributed by atoms with Crippen molar-refractivity contribution in [3.63, 3.8) is 0 Å². The molecule has 0 bridgehead atoms. The van der Waals surface area contributed by atoms with Gasteiger partial charge in [-0.1, -0.05) is 22.0 Å². The lowest BCUT2D eigenvalue weighted by atomic mass is 10.2. The van der Waals surface area contributed by atoms with E-state index < -0.39 is 10.0 Å². The number of benzene rings is 1. The molecule has 0 unspecified atom stereocenters. The van der Waals surface area contributed by atoms with Crippen molar-refractivity contribution in [1.82, 2.24) is 4.98 Å². The SMILES string of the molecule is Cc1cccc(NS(=O)(=O)c2cc(CO)cc(Br)c2C)n1. The Morgan fingerprint density at radius 1 is 1.29 bits per heavy atom. The van der Waals surface area contributed by atoms with Crippen LogP contribution in [0.4, 0.5) is 5.82 Å². The number of aliphatic hydroxyl groups is 1. The molecule has 2 rings (SSSR count). The average Bonchev–Trinajstić information content (AvgIpc) is 2.41. The average molecular weight is 371 g/mol. The van der Waals surface area contributed by atoms with Crippen molar-refractivity contribution in [2.24, 2.45) is 0 Å². The highest BCUT2D eigenvalue weighted by Gasteiger charge is 2.20. The molecule has 0 aliphatic carbocycles. The van der Waals surface area contributed by atoms with Crippen molar-refractivity contribution in [2.45, 2.75) is 25.3 Å². The van der Waals surface area contributed by atoms with Crippen LogP contribution in [0.15, 0.2) is 39.7 Å². The second-order valence-corrected chi connectivity index (χ2v) is 7.13. The first kappa shape index (κ1) is 15.9. The summed E-state index contributed by atoms with van der Waals surface area (Å²) in [5.74, 6) is 0.264. The predicted octanol–water partition coefficient (Wildman–Crippen LogP) is 2.75. The van der Waals surface area contributed by atoms with Crippen LogP contribution in [0.5, 0.6) is 0 Å². The van der Waals surface area contributed by atoms with Crippen molar-refractivity contribution in [2.75, 3.05) is 4.72 Å². The second-order valence-electron chi connectivity index (χ2n) is 4.63. The molecule has 1 heterocycles. The van der Waals surface area contributed by atoms with E-state index >= 15 is 0 Å². The highest BCUT2D eigenvalue weighted by atomic mass is 79.9. The summed E-state index contributed by atoms with van der Waals surface area (Å²) in [6.45, 7) is 3.25. The molecule has 0 spiro atoms. The molecule has 112 valence electrons. The van der Waals surface area contributed by atoms with Gasteiger partial charge in [-0.2, -0.15) is 0 Å². The number of pyridine rings is 1. The van der Waals surface area contributed by atoms with Gasteiger partial charge in [0.2, 0.25) is 0 Å². The van der Waals surface area contributed by atoms with Gasteiger partial charge < -0.3 is 5.11 Å². The summed E-state index contributed by atoms with van der Waals surface area (Å²) in [4.78, 5) is 4.24. The Kier molecular flexibility index (Phi) is 4.65. The zero-order valence-corrected chi connectivity index (χ0v) is 14.0. The Labute approximate surface area is 132 Å². The number of aromatic nitrogens is 1. The van der Waals surface area contributed by atoms with E-state index in [1.165, 1.54) is 6.07 Å². The van der Waals surface area contributed by atoms with Gasteiger partial charge in [0.25, 0.3) is 10.0 Å². The Bertz CT molecular complexity index is 776. The van der Waals surface area contributed by atoms with Crippen LogP contribution in [0.2, 0.25) is 0 Å². The largest absolute Gasteiger partial charge is 0.392 e. The first-order chi connectivity index (χ1) is 9.83. The minimum absolute atomic E-state index is 0.115. The Hall–Kier alpha value is -1.44. The smallest absolute Gasteiger partial charge is 0.263 e. The number of aliphatic hydroxyl groups excluding tert-OH is 1. The van der Waals surface area contributed by atoms with Crippen LogP contribution in [-0.4, -0.2) is 18.5 Å². The van der Waals surface area contributed by atoms with E-state index in [9.17, 15) is 13.5 Å². The van der Waals surface area contributed by atoms with E-state index in [2.05, 4.69) is 25.6 Å². The van der Waals surface area contributed by atoms with E-state index in [1.807, 2.05) is 0 Å². The van der Waals surface area contributed by atoms with E-state index in [-0.39, 0.29) is 17.3 Å². The third-order valence-electron chi connectivity index (χ3n) is 2.96. The lowest BCUT2D eigenvalue weighted by Gasteiger charge is -2.12. The van der Waals surface area contributed by atoms with Crippen molar-refractivity contribution < 1.29 is 13.5 Å². The quantitative estimate of drug-likeness (QED) is 0.866. The van der Waals surface area contributed by atoms with E-state index in [1.54, 1.807) is 38.1 Å². The number of nitrogens with one attached hydrogen (secondary N) is 1. The molecule has 1 aromatic carbocycles. The van der Waals surface area contributed by atoms with Crippen LogP contribution in [0.3, 0.4) is 0 Å². The summed E-state index contributed by atoms with van der Waals surface area (Å²) < 4.78 is 28.1. The molecule has 0 aliphatic rings. The molecule has 0 atom stereocenters. The number of hydrogen-bond donors (Lipinski definition) is 2. The van der Waals surface area contributed by atoms with Gasteiger partial charge >= 0.3 is 0 Å². The van der Waals surface area contributed by atoms with Crippen LogP contribution >= 0.6 is 15.9 Å². The topological polar surface area (TPSA) is 79.3 Å². The van der Waals surface area contributed by atoms with Crippen LogP contribution < -0.4 is 4.72 Å². The zero-order valence-electron chi connectivity index (χ0n) is 11.6. The molecule has 5 nitrogen and oxygen atoms in total. The number of halogens is 1. The summed E-state index contributed by atoms with van der Waals surface area (Å²) >= 11 is 3.31. The molecule has 1 aromatic heterocycles. The summed E-state index contributed by atoms with van der Waals surface area (Å²) in [5, 5.41) is 9.22. The fraction of sp³-hybridized carbons (Fsp3) is 0.214. The molecule has 0 radical (unpaired) electrons. The van der Waals surface area contributed by atoms with Gasteiger partial charge in [-0.3, -0.25) is 4.72 Å². The van der Waals surface area contributed by atoms with Crippen LogP contribution in [-0.2, 0) is 16.6 Å². The number of sulfonamides is 1. The molecular weight excluding hydrogens is 356 g/mol. The molecule has 0 fully saturated rings. The van der Waals surface area contributed by atoms with Crippen LogP contribution in [0.1, 0.15) is 16.8 Å². The first-order valence-electron chi connectivity index (χ1n) is 6.20. The molecule has 2 N–H and O–H groups in total. The minimum atomic E-state index is -3.77. The lowest BCUT2D eigenvalue weighted by Crippen LogP contribution is -2.16. The molecule has 0 saturated carbocycles. The van der Waals surface area contributed by atoms with Crippen molar-refractivity contribution in [3.8, 4) is 0 Å². The zero-order chi connectivity index (χ0) is 15.6. The first-order valence-corrected chi connectivity index (χ1v) is 8.47. The van der Waals surface area contributed by atoms with Crippen LogP contribution in [0.25, 0.3) is 0 Å². The molecule has 0 saturated heterocycles. The van der Waals surface area contributed by atoms with Gasteiger partial charge in [-0.05, 0) is 49.2 Å².